The SMILES string of the molecule is COc1cc(OC)cc(-c2ncc(O)cc2F)c1. The van der Waals surface area contributed by atoms with E-state index in [-0.39, 0.29) is 11.4 Å². The predicted molar refractivity (Wildman–Crippen MR) is 64.4 cm³/mol. The molecule has 0 spiro atoms. The maximum Gasteiger partial charge on any atom is 0.153 e. The van der Waals surface area contributed by atoms with Crippen LogP contribution in [0.1, 0.15) is 0 Å². The van der Waals surface area contributed by atoms with Crippen molar-refractivity contribution < 1.29 is 19.0 Å². The molecule has 2 rings (SSSR count). The molecule has 0 aliphatic heterocycles. The van der Waals surface area contributed by atoms with Gasteiger partial charge in [-0.05, 0) is 12.1 Å². The molecule has 94 valence electrons. The maximum absolute atomic E-state index is 13.7. The summed E-state index contributed by atoms with van der Waals surface area (Å²) in [4.78, 5) is 3.86. The van der Waals surface area contributed by atoms with Crippen LogP contribution in [0.2, 0.25) is 0 Å². The van der Waals surface area contributed by atoms with Gasteiger partial charge in [-0.15, -0.1) is 0 Å². The zero-order valence-corrected chi connectivity index (χ0v) is 9.98. The summed E-state index contributed by atoms with van der Waals surface area (Å²) in [5.41, 5.74) is 0.647. The monoisotopic (exact) mass is 249 g/mol. The Bertz CT molecular complexity index is 550. The average Bonchev–Trinajstić information content (AvgIpc) is 2.38. The molecule has 0 aliphatic carbocycles. The van der Waals surface area contributed by atoms with Gasteiger partial charge in [0.2, 0.25) is 0 Å². The van der Waals surface area contributed by atoms with E-state index in [0.29, 0.717) is 17.1 Å². The first-order valence-electron chi connectivity index (χ1n) is 5.22. The number of nitrogens with zero attached hydrogens (tertiary/aromatic N) is 1. The van der Waals surface area contributed by atoms with Crippen LogP contribution >= 0.6 is 0 Å². The molecule has 0 fully saturated rings. The van der Waals surface area contributed by atoms with E-state index in [4.69, 9.17) is 14.6 Å². The highest BCUT2D eigenvalue weighted by Gasteiger charge is 2.10. The van der Waals surface area contributed by atoms with E-state index in [1.807, 2.05) is 0 Å². The first kappa shape index (κ1) is 12.2. The van der Waals surface area contributed by atoms with Gasteiger partial charge in [0, 0.05) is 17.7 Å². The minimum absolute atomic E-state index is 0.130. The molecule has 0 atom stereocenters. The van der Waals surface area contributed by atoms with Crippen molar-refractivity contribution >= 4 is 0 Å². The molecule has 0 radical (unpaired) electrons. The number of aromatic hydroxyl groups is 1. The quantitative estimate of drug-likeness (QED) is 0.908. The summed E-state index contributed by atoms with van der Waals surface area (Å²) >= 11 is 0. The van der Waals surface area contributed by atoms with Crippen LogP contribution in [0.25, 0.3) is 11.3 Å². The normalized spacial score (nSPS) is 10.2. The number of hydrogen-bond acceptors (Lipinski definition) is 4. The number of aromatic nitrogens is 1. The third-order valence-electron chi connectivity index (χ3n) is 2.45. The summed E-state index contributed by atoms with van der Waals surface area (Å²) in [7, 11) is 3.03. The number of ether oxygens (including phenoxy) is 2. The van der Waals surface area contributed by atoms with E-state index in [9.17, 15) is 4.39 Å². The van der Waals surface area contributed by atoms with Crippen LogP contribution in [0.5, 0.6) is 17.2 Å². The molecule has 0 amide bonds. The first-order valence-corrected chi connectivity index (χ1v) is 5.22. The molecule has 18 heavy (non-hydrogen) atoms. The number of halogens is 1. The second-order valence-corrected chi connectivity index (χ2v) is 3.63. The van der Waals surface area contributed by atoms with Gasteiger partial charge in [0.15, 0.2) is 5.82 Å². The fraction of sp³-hybridized carbons (Fsp3) is 0.154. The molecule has 0 bridgehead atoms. The van der Waals surface area contributed by atoms with Crippen molar-refractivity contribution in [3.8, 4) is 28.5 Å². The predicted octanol–water partition coefficient (Wildman–Crippen LogP) is 2.61. The van der Waals surface area contributed by atoms with Crippen molar-refractivity contribution in [3.63, 3.8) is 0 Å². The van der Waals surface area contributed by atoms with Gasteiger partial charge in [-0.2, -0.15) is 0 Å². The molecule has 4 nitrogen and oxygen atoms in total. The van der Waals surface area contributed by atoms with E-state index >= 15 is 0 Å². The molecule has 1 N–H and O–H groups in total. The molecule has 1 aromatic heterocycles. The van der Waals surface area contributed by atoms with E-state index in [1.54, 1.807) is 18.2 Å². The molecule has 1 heterocycles. The minimum atomic E-state index is -0.606. The Labute approximate surface area is 104 Å². The number of pyridine rings is 1. The Morgan fingerprint density at radius 1 is 1.06 bits per heavy atom. The topological polar surface area (TPSA) is 51.6 Å². The summed E-state index contributed by atoms with van der Waals surface area (Å²) < 4.78 is 23.9. The molecule has 1 aromatic carbocycles. The molecule has 0 saturated carbocycles. The fourth-order valence-electron chi connectivity index (χ4n) is 1.58. The fourth-order valence-corrected chi connectivity index (χ4v) is 1.58. The van der Waals surface area contributed by atoms with Crippen LogP contribution in [0, 0.1) is 5.82 Å². The minimum Gasteiger partial charge on any atom is -0.506 e. The van der Waals surface area contributed by atoms with E-state index in [2.05, 4.69) is 4.98 Å². The summed E-state index contributed by atoms with van der Waals surface area (Å²) in [5, 5.41) is 9.13. The van der Waals surface area contributed by atoms with Crippen LogP contribution in [0.3, 0.4) is 0 Å². The average molecular weight is 249 g/mol. The van der Waals surface area contributed by atoms with Crippen molar-refractivity contribution in [2.24, 2.45) is 0 Å². The molecular formula is C13H12FNO3. The van der Waals surface area contributed by atoms with Crippen LogP contribution < -0.4 is 9.47 Å². The molecule has 5 heteroatoms. The van der Waals surface area contributed by atoms with Gasteiger partial charge in [0.25, 0.3) is 0 Å². The van der Waals surface area contributed by atoms with Crippen LogP contribution in [-0.2, 0) is 0 Å². The lowest BCUT2D eigenvalue weighted by Crippen LogP contribution is -1.92. The summed E-state index contributed by atoms with van der Waals surface area (Å²) in [6, 6.07) is 5.98. The number of hydrogen-bond donors (Lipinski definition) is 1. The van der Waals surface area contributed by atoms with Crippen molar-refractivity contribution in [1.82, 2.24) is 4.98 Å². The van der Waals surface area contributed by atoms with Gasteiger partial charge in [-0.1, -0.05) is 0 Å². The van der Waals surface area contributed by atoms with E-state index in [0.717, 1.165) is 6.07 Å². The van der Waals surface area contributed by atoms with Gasteiger partial charge in [-0.25, -0.2) is 9.37 Å². The van der Waals surface area contributed by atoms with E-state index in [1.165, 1.54) is 20.4 Å². The summed E-state index contributed by atoms with van der Waals surface area (Å²) in [6.07, 6.45) is 1.18. The van der Waals surface area contributed by atoms with Crippen molar-refractivity contribution in [1.29, 1.82) is 0 Å². The van der Waals surface area contributed by atoms with Crippen LogP contribution in [-0.4, -0.2) is 24.3 Å². The third-order valence-corrected chi connectivity index (χ3v) is 2.45. The number of rotatable bonds is 3. The lowest BCUT2D eigenvalue weighted by atomic mass is 10.1. The van der Waals surface area contributed by atoms with Crippen LogP contribution in [0.15, 0.2) is 30.5 Å². The summed E-state index contributed by atoms with van der Waals surface area (Å²) in [6.45, 7) is 0. The standard InChI is InChI=1S/C13H12FNO3/c1-17-10-3-8(4-11(6-10)18-2)13-12(14)5-9(16)7-15-13/h3-7,16H,1-2H3. The van der Waals surface area contributed by atoms with Crippen molar-refractivity contribution in [2.75, 3.05) is 14.2 Å². The largest absolute Gasteiger partial charge is 0.506 e. The molecule has 0 saturated heterocycles. The second-order valence-electron chi connectivity index (χ2n) is 3.63. The highest BCUT2D eigenvalue weighted by molar-refractivity contribution is 5.64. The van der Waals surface area contributed by atoms with Crippen molar-refractivity contribution in [3.05, 3.63) is 36.3 Å². The smallest absolute Gasteiger partial charge is 0.153 e. The third kappa shape index (κ3) is 2.34. The molecule has 0 unspecified atom stereocenters. The van der Waals surface area contributed by atoms with Gasteiger partial charge in [0.1, 0.15) is 22.9 Å². The maximum atomic E-state index is 13.7. The molecule has 2 aromatic rings. The number of benzene rings is 1. The Balaban J connectivity index is 2.55. The Morgan fingerprint density at radius 2 is 1.67 bits per heavy atom. The van der Waals surface area contributed by atoms with Crippen molar-refractivity contribution in [2.45, 2.75) is 0 Å². The Morgan fingerprint density at radius 3 is 2.17 bits per heavy atom. The zero-order chi connectivity index (χ0) is 13.1. The Hall–Kier alpha value is -2.30. The molecular weight excluding hydrogens is 237 g/mol. The second kappa shape index (κ2) is 4.91. The molecule has 0 aliphatic rings. The highest BCUT2D eigenvalue weighted by Crippen LogP contribution is 2.30. The van der Waals surface area contributed by atoms with Gasteiger partial charge in [-0.3, -0.25) is 0 Å². The highest BCUT2D eigenvalue weighted by atomic mass is 19.1. The van der Waals surface area contributed by atoms with E-state index < -0.39 is 5.82 Å². The lowest BCUT2D eigenvalue weighted by Gasteiger charge is -2.08. The first-order chi connectivity index (χ1) is 8.63. The lowest BCUT2D eigenvalue weighted by molar-refractivity contribution is 0.394. The van der Waals surface area contributed by atoms with Crippen LogP contribution in [0.4, 0.5) is 4.39 Å². The van der Waals surface area contributed by atoms with Gasteiger partial charge >= 0.3 is 0 Å². The Kier molecular flexibility index (Phi) is 3.32. The van der Waals surface area contributed by atoms with Gasteiger partial charge in [0.05, 0.1) is 20.4 Å². The summed E-state index contributed by atoms with van der Waals surface area (Å²) in [5.74, 6) is 0.258. The zero-order valence-electron chi connectivity index (χ0n) is 9.98. The van der Waals surface area contributed by atoms with Gasteiger partial charge < -0.3 is 14.6 Å². The number of methoxy groups -OCH3 is 2.